The summed E-state index contributed by atoms with van der Waals surface area (Å²) in [6.07, 6.45) is 5.69. The van der Waals surface area contributed by atoms with Crippen LogP contribution in [-0.4, -0.2) is 0 Å². The predicted molar refractivity (Wildman–Crippen MR) is 90.1 cm³/mol. The van der Waals surface area contributed by atoms with Crippen LogP contribution < -0.4 is 0 Å². The molecule has 0 spiro atoms. The smallest absolute Gasteiger partial charge is 0.0911 e. The first kappa shape index (κ1) is 13.1. The maximum atomic E-state index is 8.98. The van der Waals surface area contributed by atoms with E-state index in [0.29, 0.717) is 0 Å². The van der Waals surface area contributed by atoms with E-state index in [1.165, 1.54) is 39.0 Å². The lowest BCUT2D eigenvalue weighted by molar-refractivity contribution is 0.927. The van der Waals surface area contributed by atoms with Crippen LogP contribution in [0, 0.1) is 11.3 Å². The molecule has 22 heavy (non-hydrogen) atoms. The molecule has 0 atom stereocenters. The fourth-order valence-corrected chi connectivity index (χ4v) is 3.77. The summed E-state index contributed by atoms with van der Waals surface area (Å²) in [7, 11) is 0. The molecule has 0 unspecified atom stereocenters. The van der Waals surface area contributed by atoms with E-state index < -0.39 is 0 Å². The van der Waals surface area contributed by atoms with E-state index >= 15 is 0 Å². The van der Waals surface area contributed by atoms with Crippen LogP contribution in [0.5, 0.6) is 0 Å². The van der Waals surface area contributed by atoms with E-state index in [1.54, 1.807) is 6.08 Å². The van der Waals surface area contributed by atoms with Gasteiger partial charge in [-0.3, -0.25) is 0 Å². The van der Waals surface area contributed by atoms with Gasteiger partial charge < -0.3 is 0 Å². The van der Waals surface area contributed by atoms with Crippen LogP contribution in [0.15, 0.2) is 60.2 Å². The predicted octanol–water partition coefficient (Wildman–Crippen LogP) is 5.14. The summed E-state index contributed by atoms with van der Waals surface area (Å²) in [5.41, 5.74) is 9.77. The molecule has 1 heteroatoms. The van der Waals surface area contributed by atoms with E-state index in [2.05, 4.69) is 54.6 Å². The number of nitriles is 1. The number of allylic oxidation sites excluding steroid dienone is 4. The molecule has 0 saturated heterocycles. The van der Waals surface area contributed by atoms with Crippen molar-refractivity contribution in [3.8, 4) is 6.07 Å². The topological polar surface area (TPSA) is 23.8 Å². The molecule has 1 nitrogen and oxygen atoms in total. The van der Waals surface area contributed by atoms with Gasteiger partial charge in [0.25, 0.3) is 0 Å². The average Bonchev–Trinajstić information content (AvgIpc) is 2.69. The van der Waals surface area contributed by atoms with Crippen LogP contribution in [0.3, 0.4) is 0 Å². The first-order valence-electron chi connectivity index (χ1n) is 7.83. The second kappa shape index (κ2) is 5.31. The highest BCUT2D eigenvalue weighted by atomic mass is 14.3. The molecule has 2 aromatic carbocycles. The van der Waals surface area contributed by atoms with Crippen molar-refractivity contribution in [1.82, 2.24) is 0 Å². The Kier molecular flexibility index (Phi) is 3.16. The van der Waals surface area contributed by atoms with Crippen molar-refractivity contribution < 1.29 is 0 Å². The van der Waals surface area contributed by atoms with Crippen molar-refractivity contribution in [2.24, 2.45) is 0 Å². The van der Waals surface area contributed by atoms with E-state index in [-0.39, 0.29) is 0 Å². The Bertz CT molecular complexity index is 846. The van der Waals surface area contributed by atoms with Crippen molar-refractivity contribution in [1.29, 1.82) is 5.26 Å². The van der Waals surface area contributed by atoms with Crippen molar-refractivity contribution in [2.75, 3.05) is 0 Å². The highest BCUT2D eigenvalue weighted by Gasteiger charge is 2.24. The molecule has 4 rings (SSSR count). The Morgan fingerprint density at radius 2 is 1.41 bits per heavy atom. The van der Waals surface area contributed by atoms with Crippen LogP contribution in [-0.2, 0) is 6.42 Å². The minimum Gasteiger partial charge on any atom is -0.193 e. The Morgan fingerprint density at radius 1 is 0.773 bits per heavy atom. The molecule has 0 bridgehead atoms. The summed E-state index contributed by atoms with van der Waals surface area (Å²) in [6.45, 7) is 0. The molecule has 0 aromatic heterocycles. The number of hydrogen-bond donors (Lipinski definition) is 0. The Balaban J connectivity index is 1.97. The van der Waals surface area contributed by atoms with Gasteiger partial charge in [0.1, 0.15) is 0 Å². The second-order valence-corrected chi connectivity index (χ2v) is 6.06. The molecule has 106 valence electrons. The molecule has 0 saturated carbocycles. The molecule has 0 heterocycles. The molecule has 0 fully saturated rings. The summed E-state index contributed by atoms with van der Waals surface area (Å²) in [5, 5.41) is 8.98. The number of fused-ring (bicyclic) bond motifs is 4. The monoisotopic (exact) mass is 283 g/mol. The van der Waals surface area contributed by atoms with Gasteiger partial charge in [0.05, 0.1) is 6.07 Å². The summed E-state index contributed by atoms with van der Waals surface area (Å²) in [6, 6.07) is 19.7. The first-order valence-corrected chi connectivity index (χ1v) is 7.83. The van der Waals surface area contributed by atoms with E-state index in [4.69, 9.17) is 5.26 Å². The van der Waals surface area contributed by atoms with Gasteiger partial charge in [0, 0.05) is 6.08 Å². The fourth-order valence-electron chi connectivity index (χ4n) is 3.77. The SMILES string of the molecule is N#CC=C1CCC2=C(C1)c1ccccc1Cc1ccccc12. The molecular formula is C21H17N. The minimum absolute atomic E-state index is 0.911. The Hall–Kier alpha value is -2.59. The lowest BCUT2D eigenvalue weighted by Crippen LogP contribution is -2.02. The van der Waals surface area contributed by atoms with Crippen LogP contribution >= 0.6 is 0 Å². The number of nitrogens with zero attached hydrogens (tertiary/aromatic N) is 1. The molecule has 2 aromatic rings. The van der Waals surface area contributed by atoms with E-state index in [0.717, 1.165) is 25.7 Å². The van der Waals surface area contributed by atoms with Gasteiger partial charge in [-0.05, 0) is 59.1 Å². The highest BCUT2D eigenvalue weighted by molar-refractivity contribution is 5.95. The third-order valence-electron chi connectivity index (χ3n) is 4.80. The maximum absolute atomic E-state index is 8.98. The van der Waals surface area contributed by atoms with E-state index in [1.807, 2.05) is 0 Å². The lowest BCUT2D eigenvalue weighted by Gasteiger charge is -2.23. The first-order chi connectivity index (χ1) is 10.9. The van der Waals surface area contributed by atoms with Gasteiger partial charge in [-0.2, -0.15) is 5.26 Å². The quantitative estimate of drug-likeness (QED) is 0.614. The summed E-state index contributed by atoms with van der Waals surface area (Å²) >= 11 is 0. The molecule has 0 N–H and O–H groups in total. The van der Waals surface area contributed by atoms with Crippen molar-refractivity contribution in [3.63, 3.8) is 0 Å². The van der Waals surface area contributed by atoms with E-state index in [9.17, 15) is 0 Å². The molecule has 2 aliphatic carbocycles. The molecular weight excluding hydrogens is 266 g/mol. The number of rotatable bonds is 0. The third kappa shape index (κ3) is 2.09. The zero-order valence-electron chi connectivity index (χ0n) is 12.5. The third-order valence-corrected chi connectivity index (χ3v) is 4.80. The zero-order chi connectivity index (χ0) is 14.9. The number of benzene rings is 2. The van der Waals surface area contributed by atoms with Gasteiger partial charge in [0.15, 0.2) is 0 Å². The summed E-state index contributed by atoms with van der Waals surface area (Å²) in [4.78, 5) is 0. The summed E-state index contributed by atoms with van der Waals surface area (Å²) in [5.74, 6) is 0. The van der Waals surface area contributed by atoms with Crippen molar-refractivity contribution in [3.05, 3.63) is 82.4 Å². The van der Waals surface area contributed by atoms with Gasteiger partial charge in [0.2, 0.25) is 0 Å². The van der Waals surface area contributed by atoms with Crippen LogP contribution in [0.25, 0.3) is 11.1 Å². The zero-order valence-corrected chi connectivity index (χ0v) is 12.5. The van der Waals surface area contributed by atoms with Crippen molar-refractivity contribution in [2.45, 2.75) is 25.7 Å². The van der Waals surface area contributed by atoms with Crippen molar-refractivity contribution >= 4 is 11.1 Å². The number of hydrogen-bond acceptors (Lipinski definition) is 1. The fraction of sp³-hybridized carbons (Fsp3) is 0.190. The maximum Gasteiger partial charge on any atom is 0.0911 e. The normalized spacial score (nSPS) is 18.0. The summed E-state index contributed by atoms with van der Waals surface area (Å²) < 4.78 is 0. The lowest BCUT2D eigenvalue weighted by atomic mass is 9.81. The van der Waals surface area contributed by atoms with Gasteiger partial charge in [-0.15, -0.1) is 0 Å². The van der Waals surface area contributed by atoms with Gasteiger partial charge >= 0.3 is 0 Å². The standard InChI is InChI=1S/C21H17N/c22-12-11-15-9-10-20-18-7-3-1-5-16(18)14-17-6-2-4-8-19(17)21(20)13-15/h1-8,11H,9-10,13-14H2. The van der Waals surface area contributed by atoms with Gasteiger partial charge in [-0.1, -0.05) is 54.1 Å². The average molecular weight is 283 g/mol. The second-order valence-electron chi connectivity index (χ2n) is 6.06. The highest BCUT2D eigenvalue weighted by Crippen LogP contribution is 2.44. The van der Waals surface area contributed by atoms with Crippen LogP contribution in [0.4, 0.5) is 0 Å². The molecule has 0 radical (unpaired) electrons. The largest absolute Gasteiger partial charge is 0.193 e. The Labute approximate surface area is 131 Å². The Morgan fingerprint density at radius 3 is 2.09 bits per heavy atom. The van der Waals surface area contributed by atoms with Crippen LogP contribution in [0.1, 0.15) is 41.5 Å². The van der Waals surface area contributed by atoms with Gasteiger partial charge in [-0.25, -0.2) is 0 Å². The molecule has 2 aliphatic rings. The molecule has 0 amide bonds. The van der Waals surface area contributed by atoms with Crippen LogP contribution in [0.2, 0.25) is 0 Å². The minimum atomic E-state index is 0.911. The molecule has 0 aliphatic heterocycles.